The number of hydrogen-bond donors (Lipinski definition) is 1. The number of carbonyl (C=O) groups is 1. The van der Waals surface area contributed by atoms with Crippen LogP contribution in [0.4, 0.5) is 0 Å². The molecule has 0 amide bonds. The Morgan fingerprint density at radius 3 is 2.60 bits per heavy atom. The molecule has 10 heavy (non-hydrogen) atoms. The maximum atomic E-state index is 10.7. The molecule has 0 saturated carbocycles. The third kappa shape index (κ3) is 1.11. The van der Waals surface area contributed by atoms with Gasteiger partial charge in [0, 0.05) is 0 Å². The van der Waals surface area contributed by atoms with Crippen LogP contribution in [0.25, 0.3) is 0 Å². The molecule has 0 unspecified atom stereocenters. The molecule has 0 spiro atoms. The first-order valence-corrected chi connectivity index (χ1v) is 3.64. The van der Waals surface area contributed by atoms with Crippen LogP contribution in [0.5, 0.6) is 0 Å². The van der Waals surface area contributed by atoms with Gasteiger partial charge in [-0.15, -0.1) is 11.6 Å². The zero-order valence-electron chi connectivity index (χ0n) is 5.58. The molecule has 0 aromatic rings. The van der Waals surface area contributed by atoms with Crippen LogP contribution in [0.15, 0.2) is 0 Å². The summed E-state index contributed by atoms with van der Waals surface area (Å²) < 4.78 is 4.71. The molecule has 3 atom stereocenters. The fourth-order valence-corrected chi connectivity index (χ4v) is 1.16. The van der Waals surface area contributed by atoms with Gasteiger partial charge >= 0.3 is 5.97 Å². The number of aliphatic hydroxyl groups excluding tert-OH is 1. The van der Waals surface area contributed by atoms with Crippen LogP contribution in [0, 0.1) is 5.92 Å². The van der Waals surface area contributed by atoms with Crippen LogP contribution in [-0.2, 0) is 9.53 Å². The van der Waals surface area contributed by atoms with Crippen LogP contribution in [0.3, 0.4) is 0 Å². The highest BCUT2D eigenvalue weighted by Gasteiger charge is 2.39. The molecule has 0 bridgehead atoms. The Labute approximate surface area is 63.9 Å². The first kappa shape index (κ1) is 7.82. The lowest BCUT2D eigenvalue weighted by Gasteiger charge is -2.08. The Kier molecular flexibility index (Phi) is 2.16. The van der Waals surface area contributed by atoms with Crippen molar-refractivity contribution in [2.45, 2.75) is 19.1 Å². The molecular formula is C6H9ClO3. The number of alkyl halides is 1. The predicted octanol–water partition coefficient (Wildman–Crippen LogP) is 0.148. The number of ether oxygens (including phenoxy) is 1. The van der Waals surface area contributed by atoms with Gasteiger partial charge in [0.2, 0.25) is 0 Å². The molecule has 3 nitrogen and oxygen atoms in total. The molecule has 4 heteroatoms. The van der Waals surface area contributed by atoms with Crippen molar-refractivity contribution < 1.29 is 14.6 Å². The number of hydrogen-bond acceptors (Lipinski definition) is 3. The SMILES string of the molecule is C[C@@H]1C(=O)O[C@@H](CCl)[C@H]1O. The summed E-state index contributed by atoms with van der Waals surface area (Å²) in [6, 6.07) is 0. The lowest BCUT2D eigenvalue weighted by atomic mass is 10.1. The number of aliphatic hydroxyl groups is 1. The molecule has 0 aromatic carbocycles. The summed E-state index contributed by atoms with van der Waals surface area (Å²) in [5.41, 5.74) is 0. The molecule has 1 rings (SSSR count). The van der Waals surface area contributed by atoms with E-state index in [0.29, 0.717) is 0 Å². The van der Waals surface area contributed by atoms with Gasteiger partial charge in [-0.2, -0.15) is 0 Å². The third-order valence-electron chi connectivity index (χ3n) is 1.68. The maximum Gasteiger partial charge on any atom is 0.311 e. The minimum atomic E-state index is -0.731. The van der Waals surface area contributed by atoms with Gasteiger partial charge < -0.3 is 9.84 Å². The average molecular weight is 165 g/mol. The largest absolute Gasteiger partial charge is 0.458 e. The van der Waals surface area contributed by atoms with E-state index < -0.39 is 18.1 Å². The van der Waals surface area contributed by atoms with Gasteiger partial charge in [0.05, 0.1) is 11.8 Å². The van der Waals surface area contributed by atoms with E-state index in [2.05, 4.69) is 0 Å². The Morgan fingerprint density at radius 1 is 1.80 bits per heavy atom. The Bertz CT molecular complexity index is 148. The van der Waals surface area contributed by atoms with Crippen molar-refractivity contribution in [3.8, 4) is 0 Å². The molecular weight excluding hydrogens is 156 g/mol. The van der Waals surface area contributed by atoms with Crippen molar-refractivity contribution in [1.29, 1.82) is 0 Å². The number of cyclic esters (lactones) is 1. The van der Waals surface area contributed by atoms with Crippen molar-refractivity contribution in [2.75, 3.05) is 5.88 Å². The lowest BCUT2D eigenvalue weighted by molar-refractivity contribution is -0.143. The zero-order chi connectivity index (χ0) is 7.72. The third-order valence-corrected chi connectivity index (χ3v) is 1.99. The first-order chi connectivity index (χ1) is 4.66. The number of rotatable bonds is 1. The highest BCUT2D eigenvalue weighted by atomic mass is 35.5. The van der Waals surface area contributed by atoms with Gasteiger partial charge in [-0.1, -0.05) is 0 Å². The van der Waals surface area contributed by atoms with Gasteiger partial charge in [0.1, 0.15) is 12.2 Å². The average Bonchev–Trinajstić information content (AvgIpc) is 2.17. The minimum Gasteiger partial charge on any atom is -0.458 e. The van der Waals surface area contributed by atoms with Crippen LogP contribution in [-0.4, -0.2) is 29.2 Å². The van der Waals surface area contributed by atoms with E-state index >= 15 is 0 Å². The van der Waals surface area contributed by atoms with Gasteiger partial charge in [-0.05, 0) is 6.92 Å². The first-order valence-electron chi connectivity index (χ1n) is 3.11. The molecule has 1 aliphatic heterocycles. The lowest BCUT2D eigenvalue weighted by Crippen LogP contribution is -2.26. The molecule has 1 heterocycles. The normalized spacial score (nSPS) is 39.9. The second-order valence-electron chi connectivity index (χ2n) is 2.41. The van der Waals surface area contributed by atoms with Gasteiger partial charge in [-0.3, -0.25) is 4.79 Å². The second-order valence-corrected chi connectivity index (χ2v) is 2.72. The summed E-state index contributed by atoms with van der Waals surface area (Å²) in [7, 11) is 0. The fraction of sp³-hybridized carbons (Fsp3) is 0.833. The summed E-state index contributed by atoms with van der Waals surface area (Å²) in [5, 5.41) is 9.20. The van der Waals surface area contributed by atoms with Crippen LogP contribution in [0.2, 0.25) is 0 Å². The standard InChI is InChI=1S/C6H9ClO3/c1-3-5(8)4(2-7)10-6(3)9/h3-5,8H,2H2,1H3/t3-,4-,5-/m0/s1. The number of halogens is 1. The van der Waals surface area contributed by atoms with E-state index in [9.17, 15) is 9.90 Å². The van der Waals surface area contributed by atoms with E-state index in [1.165, 1.54) is 0 Å². The van der Waals surface area contributed by atoms with E-state index in [1.807, 2.05) is 0 Å². The highest BCUT2D eigenvalue weighted by molar-refractivity contribution is 6.18. The smallest absolute Gasteiger partial charge is 0.311 e. The fourth-order valence-electron chi connectivity index (χ4n) is 0.910. The molecule has 0 aliphatic carbocycles. The van der Waals surface area contributed by atoms with E-state index in [-0.39, 0.29) is 11.8 Å². The van der Waals surface area contributed by atoms with Gasteiger partial charge in [0.25, 0.3) is 0 Å². The summed E-state index contributed by atoms with van der Waals surface area (Å²) in [5.74, 6) is -0.626. The Hall–Kier alpha value is -0.280. The minimum absolute atomic E-state index is 0.164. The van der Waals surface area contributed by atoms with E-state index in [1.54, 1.807) is 6.92 Å². The summed E-state index contributed by atoms with van der Waals surface area (Å²) in [6.45, 7) is 1.62. The van der Waals surface area contributed by atoms with Crippen molar-refractivity contribution >= 4 is 17.6 Å². The highest BCUT2D eigenvalue weighted by Crippen LogP contribution is 2.21. The van der Waals surface area contributed by atoms with Gasteiger partial charge in [0.15, 0.2) is 0 Å². The predicted molar refractivity (Wildman–Crippen MR) is 35.8 cm³/mol. The van der Waals surface area contributed by atoms with Crippen LogP contribution >= 0.6 is 11.6 Å². The Morgan fingerprint density at radius 2 is 2.40 bits per heavy atom. The van der Waals surface area contributed by atoms with Crippen molar-refractivity contribution in [3.05, 3.63) is 0 Å². The topological polar surface area (TPSA) is 46.5 Å². The summed E-state index contributed by atoms with van der Waals surface area (Å²) in [4.78, 5) is 10.7. The second kappa shape index (κ2) is 2.76. The summed E-state index contributed by atoms with van der Waals surface area (Å²) in [6.07, 6.45) is -1.24. The molecule has 1 fully saturated rings. The maximum absolute atomic E-state index is 10.7. The summed E-state index contributed by atoms with van der Waals surface area (Å²) >= 11 is 5.40. The quantitative estimate of drug-likeness (QED) is 0.443. The van der Waals surface area contributed by atoms with Gasteiger partial charge in [-0.25, -0.2) is 0 Å². The van der Waals surface area contributed by atoms with E-state index in [0.717, 1.165) is 0 Å². The Balaban J connectivity index is 2.61. The number of carbonyl (C=O) groups excluding carboxylic acids is 1. The van der Waals surface area contributed by atoms with Crippen molar-refractivity contribution in [3.63, 3.8) is 0 Å². The number of esters is 1. The molecule has 1 saturated heterocycles. The monoisotopic (exact) mass is 164 g/mol. The molecule has 1 N–H and O–H groups in total. The van der Waals surface area contributed by atoms with Crippen LogP contribution < -0.4 is 0 Å². The molecule has 0 aromatic heterocycles. The van der Waals surface area contributed by atoms with Crippen LogP contribution in [0.1, 0.15) is 6.92 Å². The zero-order valence-corrected chi connectivity index (χ0v) is 6.34. The van der Waals surface area contributed by atoms with Crippen molar-refractivity contribution in [1.82, 2.24) is 0 Å². The molecule has 58 valence electrons. The van der Waals surface area contributed by atoms with E-state index in [4.69, 9.17) is 16.3 Å². The van der Waals surface area contributed by atoms with Crippen molar-refractivity contribution in [2.24, 2.45) is 5.92 Å². The molecule has 1 aliphatic rings. The molecule has 0 radical (unpaired) electrons.